The number of rotatable bonds is 5. The minimum absolute atomic E-state index is 0.199. The molecule has 0 spiro atoms. The molecule has 0 aliphatic rings. The van der Waals surface area contributed by atoms with E-state index < -0.39 is 0 Å². The lowest BCUT2D eigenvalue weighted by molar-refractivity contribution is 0.0995. The van der Waals surface area contributed by atoms with E-state index in [1.54, 1.807) is 36.4 Å². The van der Waals surface area contributed by atoms with Gasteiger partial charge in [0.05, 0.1) is 6.26 Å². The Morgan fingerprint density at radius 2 is 1.50 bits per heavy atom. The third kappa shape index (κ3) is 4.19. The van der Waals surface area contributed by atoms with Crippen molar-refractivity contribution in [3.8, 4) is 0 Å². The first-order valence-corrected chi connectivity index (χ1v) is 8.39. The van der Waals surface area contributed by atoms with Gasteiger partial charge < -0.3 is 15.1 Å². The van der Waals surface area contributed by atoms with Gasteiger partial charge in [0.1, 0.15) is 0 Å². The lowest BCUT2D eigenvalue weighted by atomic mass is 10.0. The summed E-state index contributed by atoms with van der Waals surface area (Å²) in [6, 6.07) is 17.7. The highest BCUT2D eigenvalue weighted by atomic mass is 16.3. The molecule has 26 heavy (non-hydrogen) atoms. The molecule has 3 rings (SSSR count). The van der Waals surface area contributed by atoms with Crippen LogP contribution in [-0.4, -0.2) is 11.8 Å². The molecule has 1 aromatic heterocycles. The lowest BCUT2D eigenvalue weighted by Gasteiger charge is -2.09. The molecule has 1 heterocycles. The highest BCUT2D eigenvalue weighted by molar-refractivity contribution is 6.05. The number of amides is 2. The van der Waals surface area contributed by atoms with Crippen LogP contribution in [-0.2, 0) is 0 Å². The highest BCUT2D eigenvalue weighted by Gasteiger charge is 2.10. The van der Waals surface area contributed by atoms with Crippen LogP contribution in [0.4, 0.5) is 11.4 Å². The van der Waals surface area contributed by atoms with Gasteiger partial charge in [0.15, 0.2) is 5.76 Å². The fourth-order valence-electron chi connectivity index (χ4n) is 2.50. The average molecular weight is 348 g/mol. The van der Waals surface area contributed by atoms with Crippen LogP contribution < -0.4 is 10.6 Å². The molecule has 5 nitrogen and oxygen atoms in total. The van der Waals surface area contributed by atoms with Gasteiger partial charge in [0, 0.05) is 16.9 Å². The summed E-state index contributed by atoms with van der Waals surface area (Å²) in [4.78, 5) is 24.4. The Morgan fingerprint density at radius 3 is 2.08 bits per heavy atom. The lowest BCUT2D eigenvalue weighted by Crippen LogP contribution is -2.13. The molecule has 2 aromatic carbocycles. The molecule has 0 bridgehead atoms. The molecule has 0 fully saturated rings. The number of hydrogen-bond acceptors (Lipinski definition) is 3. The monoisotopic (exact) mass is 348 g/mol. The summed E-state index contributed by atoms with van der Waals surface area (Å²) in [6.07, 6.45) is 1.44. The second kappa shape index (κ2) is 7.70. The van der Waals surface area contributed by atoms with Crippen LogP contribution in [0.5, 0.6) is 0 Å². The minimum Gasteiger partial charge on any atom is -0.459 e. The average Bonchev–Trinajstić information content (AvgIpc) is 3.17. The van der Waals surface area contributed by atoms with E-state index >= 15 is 0 Å². The molecule has 5 heteroatoms. The fraction of sp³-hybridized carbons (Fsp3) is 0.143. The van der Waals surface area contributed by atoms with Crippen LogP contribution in [0.3, 0.4) is 0 Å². The van der Waals surface area contributed by atoms with E-state index in [4.69, 9.17) is 4.42 Å². The molecule has 0 unspecified atom stereocenters. The zero-order valence-corrected chi connectivity index (χ0v) is 14.7. The normalized spacial score (nSPS) is 10.6. The molecule has 0 radical (unpaired) electrons. The summed E-state index contributed by atoms with van der Waals surface area (Å²) >= 11 is 0. The van der Waals surface area contributed by atoms with E-state index in [2.05, 4.69) is 24.5 Å². The Hall–Kier alpha value is -3.34. The van der Waals surface area contributed by atoms with Crippen LogP contribution in [0.2, 0.25) is 0 Å². The zero-order valence-electron chi connectivity index (χ0n) is 14.7. The maximum Gasteiger partial charge on any atom is 0.291 e. The Morgan fingerprint density at radius 1 is 0.846 bits per heavy atom. The fourth-order valence-corrected chi connectivity index (χ4v) is 2.50. The van der Waals surface area contributed by atoms with E-state index in [1.165, 1.54) is 11.8 Å². The van der Waals surface area contributed by atoms with Crippen LogP contribution in [0, 0.1) is 0 Å². The summed E-state index contributed by atoms with van der Waals surface area (Å²) in [5.74, 6) is 0.101. The third-order valence-electron chi connectivity index (χ3n) is 3.96. The van der Waals surface area contributed by atoms with E-state index in [1.807, 2.05) is 24.3 Å². The van der Waals surface area contributed by atoms with Crippen molar-refractivity contribution in [3.63, 3.8) is 0 Å². The van der Waals surface area contributed by atoms with Gasteiger partial charge in [-0.25, -0.2) is 0 Å². The van der Waals surface area contributed by atoms with E-state index in [9.17, 15) is 9.59 Å². The molecule has 0 saturated carbocycles. The van der Waals surface area contributed by atoms with Gasteiger partial charge in [-0.3, -0.25) is 9.59 Å². The molecule has 3 aromatic rings. The van der Waals surface area contributed by atoms with Crippen LogP contribution >= 0.6 is 0 Å². The van der Waals surface area contributed by atoms with E-state index in [-0.39, 0.29) is 17.6 Å². The second-order valence-corrected chi connectivity index (χ2v) is 6.24. The second-order valence-electron chi connectivity index (χ2n) is 6.24. The topological polar surface area (TPSA) is 71.3 Å². The zero-order chi connectivity index (χ0) is 18.5. The SMILES string of the molecule is CC(C)c1ccc(C(=O)Nc2cccc(NC(=O)c3ccco3)c2)cc1. The van der Waals surface area contributed by atoms with Gasteiger partial charge in [0.2, 0.25) is 0 Å². The van der Waals surface area contributed by atoms with Crippen LogP contribution in [0.1, 0.15) is 46.2 Å². The van der Waals surface area contributed by atoms with Gasteiger partial charge >= 0.3 is 0 Å². The first-order valence-electron chi connectivity index (χ1n) is 8.39. The number of furan rings is 1. The molecule has 2 amide bonds. The number of hydrogen-bond donors (Lipinski definition) is 2. The number of carbonyl (C=O) groups is 2. The minimum atomic E-state index is -0.345. The maximum atomic E-state index is 12.4. The molecule has 0 aliphatic carbocycles. The number of anilines is 2. The van der Waals surface area contributed by atoms with Crippen molar-refractivity contribution < 1.29 is 14.0 Å². The number of carbonyl (C=O) groups excluding carboxylic acids is 2. The Labute approximate surface area is 152 Å². The molecule has 2 N–H and O–H groups in total. The van der Waals surface area contributed by atoms with E-state index in [0.717, 1.165) is 0 Å². The molecule has 132 valence electrons. The highest BCUT2D eigenvalue weighted by Crippen LogP contribution is 2.19. The van der Waals surface area contributed by atoms with Crippen molar-refractivity contribution >= 4 is 23.2 Å². The Bertz CT molecular complexity index is 897. The first kappa shape index (κ1) is 17.5. The quantitative estimate of drug-likeness (QED) is 0.688. The molecule has 0 atom stereocenters. The van der Waals surface area contributed by atoms with Crippen molar-refractivity contribution in [2.24, 2.45) is 0 Å². The van der Waals surface area contributed by atoms with Crippen molar-refractivity contribution in [3.05, 3.63) is 83.8 Å². The predicted molar refractivity (Wildman–Crippen MR) is 102 cm³/mol. The smallest absolute Gasteiger partial charge is 0.291 e. The van der Waals surface area contributed by atoms with Crippen molar-refractivity contribution in [1.29, 1.82) is 0 Å². The number of benzene rings is 2. The predicted octanol–water partition coefficient (Wildman–Crippen LogP) is 4.91. The van der Waals surface area contributed by atoms with Gasteiger partial charge in [-0.05, 0) is 53.9 Å². The van der Waals surface area contributed by atoms with Crippen molar-refractivity contribution in [2.45, 2.75) is 19.8 Å². The summed E-state index contributed by atoms with van der Waals surface area (Å²) in [5.41, 5.74) is 2.93. The summed E-state index contributed by atoms with van der Waals surface area (Å²) in [7, 11) is 0. The van der Waals surface area contributed by atoms with Crippen LogP contribution in [0.15, 0.2) is 71.3 Å². The molecule has 0 aliphatic heterocycles. The largest absolute Gasteiger partial charge is 0.459 e. The Balaban J connectivity index is 1.68. The molecular formula is C21H20N2O3. The maximum absolute atomic E-state index is 12.4. The summed E-state index contributed by atoms with van der Waals surface area (Å²) in [5, 5.41) is 5.58. The van der Waals surface area contributed by atoms with Gasteiger partial charge in [0.25, 0.3) is 11.8 Å². The van der Waals surface area contributed by atoms with Gasteiger partial charge in [-0.1, -0.05) is 32.0 Å². The van der Waals surface area contributed by atoms with Crippen molar-refractivity contribution in [2.75, 3.05) is 10.6 Å². The Kier molecular flexibility index (Phi) is 5.17. The molecule has 0 saturated heterocycles. The summed E-state index contributed by atoms with van der Waals surface area (Å²) in [6.45, 7) is 4.22. The van der Waals surface area contributed by atoms with E-state index in [0.29, 0.717) is 22.9 Å². The standard InChI is InChI=1S/C21H20N2O3/c1-14(2)15-8-10-16(11-9-15)20(24)22-17-5-3-6-18(13-17)23-21(25)19-7-4-12-26-19/h3-14H,1-2H3,(H,22,24)(H,23,25). The van der Waals surface area contributed by atoms with Gasteiger partial charge in [-0.2, -0.15) is 0 Å². The third-order valence-corrected chi connectivity index (χ3v) is 3.96. The molecular weight excluding hydrogens is 328 g/mol. The van der Waals surface area contributed by atoms with Gasteiger partial charge in [-0.15, -0.1) is 0 Å². The number of nitrogens with one attached hydrogen (secondary N) is 2. The first-order chi connectivity index (χ1) is 12.5. The van der Waals surface area contributed by atoms with Crippen molar-refractivity contribution in [1.82, 2.24) is 0 Å². The summed E-state index contributed by atoms with van der Waals surface area (Å²) < 4.78 is 5.06. The van der Waals surface area contributed by atoms with Crippen LogP contribution in [0.25, 0.3) is 0 Å².